The lowest BCUT2D eigenvalue weighted by atomic mass is 10.1. The molecule has 0 radical (unpaired) electrons. The van der Waals surface area contributed by atoms with E-state index in [0.717, 1.165) is 35.7 Å². The van der Waals surface area contributed by atoms with Crippen molar-refractivity contribution in [3.05, 3.63) is 41.5 Å². The summed E-state index contributed by atoms with van der Waals surface area (Å²) in [5.74, 6) is 0.747. The molecule has 0 aliphatic carbocycles. The largest absolute Gasteiger partial charge is 0.370 e. The molecule has 18 heavy (non-hydrogen) atoms. The molecule has 2 nitrogen and oxygen atoms in total. The van der Waals surface area contributed by atoms with Gasteiger partial charge in [-0.05, 0) is 31.0 Å². The van der Waals surface area contributed by atoms with Crippen LogP contribution in [0.2, 0.25) is 0 Å². The third-order valence-corrected chi connectivity index (χ3v) is 2.95. The van der Waals surface area contributed by atoms with Crippen LogP contribution in [0.15, 0.2) is 24.5 Å². The van der Waals surface area contributed by atoms with E-state index in [1.807, 2.05) is 33.8 Å². The summed E-state index contributed by atoms with van der Waals surface area (Å²) >= 11 is 0. The molecule has 100 valence electrons. The molecule has 1 aromatic rings. The molecular weight excluding hydrogens is 227 g/mol. The number of nitrogens with zero attached hydrogens (tertiary/aromatic N) is 1. The highest BCUT2D eigenvalue weighted by atomic mass is 19.1. The van der Waals surface area contributed by atoms with Crippen molar-refractivity contribution >= 4 is 5.69 Å². The number of benzene rings is 1. The summed E-state index contributed by atoms with van der Waals surface area (Å²) in [6.45, 7) is 13.6. The van der Waals surface area contributed by atoms with Crippen LogP contribution >= 0.6 is 0 Å². The van der Waals surface area contributed by atoms with Gasteiger partial charge in [0.05, 0.1) is 5.82 Å². The van der Waals surface area contributed by atoms with Crippen LogP contribution in [0.4, 0.5) is 10.1 Å². The quantitative estimate of drug-likeness (QED) is 0.862. The number of rotatable bonds is 2. The minimum atomic E-state index is -0.114. The van der Waals surface area contributed by atoms with E-state index < -0.39 is 0 Å². The molecule has 0 atom stereocenters. The van der Waals surface area contributed by atoms with Gasteiger partial charge < -0.3 is 10.2 Å². The number of anilines is 1. The Morgan fingerprint density at radius 3 is 2.56 bits per heavy atom. The Hall–Kier alpha value is -1.51. The summed E-state index contributed by atoms with van der Waals surface area (Å²) in [6, 6.07) is 3.62. The molecule has 0 saturated carbocycles. The standard InChI is InChI=1S/C13H17FN2.C2H6/c1-4-11-12(14)7-9(2)8-13(11)16-6-5-15-10(16)3;1-2/h7-8,15H,3-6H2,1-2H3;1-2H3. The fourth-order valence-corrected chi connectivity index (χ4v) is 2.15. The Morgan fingerprint density at radius 2 is 2.06 bits per heavy atom. The van der Waals surface area contributed by atoms with Gasteiger partial charge in [0.15, 0.2) is 0 Å². The number of nitrogens with one attached hydrogen (secondary N) is 1. The smallest absolute Gasteiger partial charge is 0.128 e. The average Bonchev–Trinajstić information content (AvgIpc) is 2.77. The molecule has 1 aliphatic rings. The van der Waals surface area contributed by atoms with Gasteiger partial charge in [-0.3, -0.25) is 0 Å². The zero-order chi connectivity index (χ0) is 13.7. The molecule has 0 bridgehead atoms. The Morgan fingerprint density at radius 1 is 1.39 bits per heavy atom. The fourth-order valence-electron chi connectivity index (χ4n) is 2.15. The maximum Gasteiger partial charge on any atom is 0.128 e. The van der Waals surface area contributed by atoms with Crippen LogP contribution in [0.5, 0.6) is 0 Å². The molecule has 0 spiro atoms. The summed E-state index contributed by atoms with van der Waals surface area (Å²) < 4.78 is 13.8. The molecule has 0 aromatic heterocycles. The van der Waals surface area contributed by atoms with Crippen LogP contribution in [-0.4, -0.2) is 13.1 Å². The van der Waals surface area contributed by atoms with Crippen LogP contribution < -0.4 is 10.2 Å². The van der Waals surface area contributed by atoms with Gasteiger partial charge in [-0.25, -0.2) is 4.39 Å². The average molecular weight is 250 g/mol. The molecular formula is C15H23FN2. The van der Waals surface area contributed by atoms with E-state index in [0.29, 0.717) is 6.42 Å². The van der Waals surface area contributed by atoms with Crippen molar-refractivity contribution in [3.63, 3.8) is 0 Å². The lowest BCUT2D eigenvalue weighted by molar-refractivity contribution is 0.610. The van der Waals surface area contributed by atoms with Crippen molar-refractivity contribution in [1.29, 1.82) is 0 Å². The van der Waals surface area contributed by atoms with Gasteiger partial charge in [0.25, 0.3) is 0 Å². The van der Waals surface area contributed by atoms with Crippen LogP contribution in [0.3, 0.4) is 0 Å². The zero-order valence-electron chi connectivity index (χ0n) is 11.8. The van der Waals surface area contributed by atoms with Crippen molar-refractivity contribution in [3.8, 4) is 0 Å². The van der Waals surface area contributed by atoms with Gasteiger partial charge in [-0.2, -0.15) is 0 Å². The van der Waals surface area contributed by atoms with Gasteiger partial charge >= 0.3 is 0 Å². The molecule has 1 fully saturated rings. The van der Waals surface area contributed by atoms with E-state index in [9.17, 15) is 4.39 Å². The van der Waals surface area contributed by atoms with Gasteiger partial charge in [0, 0.05) is 24.3 Å². The highest BCUT2D eigenvalue weighted by Crippen LogP contribution is 2.28. The third-order valence-electron chi connectivity index (χ3n) is 2.95. The molecule has 2 rings (SSSR count). The topological polar surface area (TPSA) is 15.3 Å². The number of aryl methyl sites for hydroxylation is 1. The first-order valence-electron chi connectivity index (χ1n) is 6.62. The van der Waals surface area contributed by atoms with Crippen LogP contribution in [0.1, 0.15) is 31.9 Å². The predicted octanol–water partition coefficient (Wildman–Crippen LogP) is 3.60. The minimum absolute atomic E-state index is 0.114. The third kappa shape index (κ3) is 2.84. The van der Waals surface area contributed by atoms with Crippen molar-refractivity contribution in [2.75, 3.05) is 18.0 Å². The molecule has 1 aliphatic heterocycles. The maximum atomic E-state index is 13.8. The monoisotopic (exact) mass is 250 g/mol. The summed E-state index contributed by atoms with van der Waals surface area (Å²) in [5.41, 5.74) is 2.68. The van der Waals surface area contributed by atoms with Crippen LogP contribution in [0.25, 0.3) is 0 Å². The van der Waals surface area contributed by atoms with Crippen molar-refractivity contribution < 1.29 is 4.39 Å². The predicted molar refractivity (Wildman–Crippen MR) is 76.4 cm³/mol. The van der Waals surface area contributed by atoms with Gasteiger partial charge in [-0.1, -0.05) is 27.4 Å². The first-order chi connectivity index (χ1) is 8.63. The first-order valence-corrected chi connectivity index (χ1v) is 6.62. The number of halogens is 1. The molecule has 1 N–H and O–H groups in total. The Labute approximate surface area is 110 Å². The van der Waals surface area contributed by atoms with Crippen molar-refractivity contribution in [1.82, 2.24) is 5.32 Å². The van der Waals surface area contributed by atoms with E-state index in [4.69, 9.17) is 0 Å². The second-order valence-electron chi connectivity index (χ2n) is 4.12. The molecule has 0 amide bonds. The summed E-state index contributed by atoms with van der Waals surface area (Å²) in [5, 5.41) is 3.17. The lowest BCUT2D eigenvalue weighted by Crippen LogP contribution is -2.20. The van der Waals surface area contributed by atoms with E-state index in [2.05, 4.69) is 16.8 Å². The van der Waals surface area contributed by atoms with E-state index >= 15 is 0 Å². The Kier molecular flexibility index (Phi) is 5.20. The second-order valence-corrected chi connectivity index (χ2v) is 4.12. The number of hydrogen-bond acceptors (Lipinski definition) is 2. The minimum Gasteiger partial charge on any atom is -0.370 e. The molecule has 1 heterocycles. The highest BCUT2D eigenvalue weighted by Gasteiger charge is 2.20. The van der Waals surface area contributed by atoms with E-state index in [-0.39, 0.29) is 5.82 Å². The van der Waals surface area contributed by atoms with Crippen LogP contribution in [-0.2, 0) is 6.42 Å². The van der Waals surface area contributed by atoms with E-state index in [1.165, 1.54) is 0 Å². The fraction of sp³-hybridized carbons (Fsp3) is 0.467. The summed E-state index contributed by atoms with van der Waals surface area (Å²) in [7, 11) is 0. The second kappa shape index (κ2) is 6.43. The number of hydrogen-bond donors (Lipinski definition) is 1. The normalized spacial score (nSPS) is 14.1. The van der Waals surface area contributed by atoms with Gasteiger partial charge in [0.1, 0.15) is 5.82 Å². The van der Waals surface area contributed by atoms with Gasteiger partial charge in [-0.15, -0.1) is 0 Å². The molecule has 1 saturated heterocycles. The SMILES string of the molecule is C=C1NCCN1c1cc(C)cc(F)c1CC.CC. The molecule has 3 heteroatoms. The molecule has 1 aromatic carbocycles. The summed E-state index contributed by atoms with van der Waals surface area (Å²) in [6.07, 6.45) is 0.700. The van der Waals surface area contributed by atoms with Crippen LogP contribution in [0, 0.1) is 12.7 Å². The van der Waals surface area contributed by atoms with Crippen molar-refractivity contribution in [2.24, 2.45) is 0 Å². The highest BCUT2D eigenvalue weighted by molar-refractivity contribution is 5.60. The van der Waals surface area contributed by atoms with E-state index in [1.54, 1.807) is 6.07 Å². The summed E-state index contributed by atoms with van der Waals surface area (Å²) in [4.78, 5) is 2.05. The van der Waals surface area contributed by atoms with Gasteiger partial charge in [0.2, 0.25) is 0 Å². The Balaban J connectivity index is 0.000000771. The van der Waals surface area contributed by atoms with Crippen molar-refractivity contribution in [2.45, 2.75) is 34.1 Å². The first kappa shape index (κ1) is 14.6. The zero-order valence-corrected chi connectivity index (χ0v) is 11.8. The maximum absolute atomic E-state index is 13.8. The Bertz CT molecular complexity index is 427. The molecule has 0 unspecified atom stereocenters. The lowest BCUT2D eigenvalue weighted by Gasteiger charge is -2.22.